The number of fused-ring (bicyclic) bond motifs is 5. The van der Waals surface area contributed by atoms with Gasteiger partial charge in [-0.25, -0.2) is 9.98 Å². The lowest BCUT2D eigenvalue weighted by Crippen LogP contribution is -2.13. The molecule has 5 heteroatoms. The van der Waals surface area contributed by atoms with Gasteiger partial charge in [-0.1, -0.05) is 112 Å². The molecular weight excluding hydrogens is 590 g/mol. The van der Waals surface area contributed by atoms with Crippen molar-refractivity contribution >= 4 is 27.7 Å². The summed E-state index contributed by atoms with van der Waals surface area (Å²) in [5.41, 5.74) is 10.4. The van der Waals surface area contributed by atoms with Gasteiger partial charge in [0.15, 0.2) is 0 Å². The van der Waals surface area contributed by atoms with Crippen LogP contribution in [0.2, 0.25) is 0 Å². The Bertz CT molecular complexity index is 2410. The first kappa shape index (κ1) is 28.5. The Hall–Kier alpha value is -5.68. The molecule has 2 atom stereocenters. The summed E-state index contributed by atoms with van der Waals surface area (Å²) >= 11 is 0. The molecule has 0 unspecified atom stereocenters. The first-order chi connectivity index (χ1) is 23.3. The second-order valence-electron chi connectivity index (χ2n) is 13.9. The lowest BCUT2D eigenvalue weighted by atomic mass is 9.87. The number of hydrogen-bond acceptors (Lipinski definition) is 4. The molecule has 0 spiro atoms. The second kappa shape index (κ2) is 10.7. The molecule has 1 aromatic heterocycles. The minimum absolute atomic E-state index is 0.0303. The van der Waals surface area contributed by atoms with E-state index in [1.807, 2.05) is 30.3 Å². The van der Waals surface area contributed by atoms with Gasteiger partial charge in [-0.05, 0) is 69.5 Å². The van der Waals surface area contributed by atoms with Crippen molar-refractivity contribution in [3.8, 4) is 34.0 Å². The van der Waals surface area contributed by atoms with E-state index >= 15 is 0 Å². The van der Waals surface area contributed by atoms with E-state index in [0.29, 0.717) is 17.3 Å². The van der Waals surface area contributed by atoms with E-state index in [-0.39, 0.29) is 23.3 Å². The van der Waals surface area contributed by atoms with Gasteiger partial charge in [-0.3, -0.25) is 4.57 Å². The molecule has 0 saturated heterocycles. The van der Waals surface area contributed by atoms with E-state index in [2.05, 4.69) is 122 Å². The highest BCUT2D eigenvalue weighted by molar-refractivity contribution is 6.01. The Morgan fingerprint density at radius 3 is 2.38 bits per heavy atom. The fourth-order valence-corrected chi connectivity index (χ4v) is 7.38. The highest BCUT2D eigenvalue weighted by Gasteiger charge is 2.39. The van der Waals surface area contributed by atoms with Gasteiger partial charge in [-0.15, -0.1) is 0 Å². The maximum absolute atomic E-state index is 11.6. The first-order valence-electron chi connectivity index (χ1n) is 16.6. The SMILES string of the molecule is CC(C)(C)c1ccc(-n2c(-c3ccc4ccccc4c3O)nc3c(-c4cccc(C5=N[C@H]6c7ccccc7C[C@H]6O5)c4)cccc32)cc1. The smallest absolute Gasteiger partial charge is 0.217 e. The quantitative estimate of drug-likeness (QED) is 0.212. The number of aromatic nitrogens is 2. The van der Waals surface area contributed by atoms with Crippen LogP contribution in [0.3, 0.4) is 0 Å². The third kappa shape index (κ3) is 4.53. The van der Waals surface area contributed by atoms with Crippen LogP contribution in [0.25, 0.3) is 50.0 Å². The van der Waals surface area contributed by atoms with Crippen molar-refractivity contribution in [2.75, 3.05) is 0 Å². The number of aromatic hydroxyl groups is 1. The number of aliphatic imine (C=N–C) groups is 1. The molecule has 0 saturated carbocycles. The van der Waals surface area contributed by atoms with Gasteiger partial charge < -0.3 is 9.84 Å². The van der Waals surface area contributed by atoms with Crippen LogP contribution >= 0.6 is 0 Å². The van der Waals surface area contributed by atoms with E-state index in [9.17, 15) is 5.11 Å². The summed E-state index contributed by atoms with van der Waals surface area (Å²) in [4.78, 5) is 10.4. The Balaban J connectivity index is 1.20. The molecule has 2 aliphatic rings. The monoisotopic (exact) mass is 625 g/mol. The van der Waals surface area contributed by atoms with E-state index in [1.165, 1.54) is 16.7 Å². The second-order valence-corrected chi connectivity index (χ2v) is 13.9. The number of rotatable bonds is 4. The number of para-hydroxylation sites is 1. The molecule has 1 aliphatic carbocycles. The van der Waals surface area contributed by atoms with Crippen LogP contribution in [0.4, 0.5) is 0 Å². The van der Waals surface area contributed by atoms with Gasteiger partial charge in [0.05, 0.1) is 16.6 Å². The number of nitrogens with zero attached hydrogens (tertiary/aromatic N) is 3. The van der Waals surface area contributed by atoms with Gasteiger partial charge in [0, 0.05) is 28.6 Å². The van der Waals surface area contributed by atoms with Gasteiger partial charge in [0.2, 0.25) is 5.90 Å². The fourth-order valence-electron chi connectivity index (χ4n) is 7.38. The highest BCUT2D eigenvalue weighted by Crippen LogP contribution is 2.43. The zero-order valence-electron chi connectivity index (χ0n) is 27.2. The molecule has 0 amide bonds. The van der Waals surface area contributed by atoms with Crippen molar-refractivity contribution in [2.24, 2.45) is 4.99 Å². The molecule has 5 nitrogen and oxygen atoms in total. The van der Waals surface area contributed by atoms with E-state index in [4.69, 9.17) is 14.7 Å². The van der Waals surface area contributed by atoms with Crippen molar-refractivity contribution in [1.29, 1.82) is 0 Å². The maximum atomic E-state index is 11.6. The predicted octanol–water partition coefficient (Wildman–Crippen LogP) is 9.96. The minimum Gasteiger partial charge on any atom is -0.507 e. The van der Waals surface area contributed by atoms with Crippen LogP contribution in [-0.2, 0) is 16.6 Å². The Morgan fingerprint density at radius 1 is 0.750 bits per heavy atom. The fraction of sp³-hybridized carbons (Fsp3) is 0.163. The van der Waals surface area contributed by atoms with Crippen LogP contribution in [0.1, 0.15) is 49.1 Å². The topological polar surface area (TPSA) is 59.6 Å². The molecule has 1 N–H and O–H groups in total. The van der Waals surface area contributed by atoms with Crippen molar-refractivity contribution in [2.45, 2.75) is 44.8 Å². The standard InChI is InChI=1S/C43H35N3O2/c1-43(2,3)30-19-21-31(22-20-30)46-36-17-9-16-32(38(36)44-41(46)35-23-18-26-10-4-7-15-34(26)40(35)47)27-12-8-13-29(24-27)42-45-39-33-14-6-5-11-28(33)25-37(39)48-42/h4-24,37,39,47H,25H2,1-3H3/t37-,39+/m1/s1. The van der Waals surface area contributed by atoms with Crippen molar-refractivity contribution < 1.29 is 9.84 Å². The van der Waals surface area contributed by atoms with E-state index in [1.54, 1.807) is 0 Å². The van der Waals surface area contributed by atoms with E-state index < -0.39 is 0 Å². The zero-order chi connectivity index (χ0) is 32.6. The molecule has 0 fully saturated rings. The lowest BCUT2D eigenvalue weighted by molar-refractivity contribution is 0.206. The van der Waals surface area contributed by atoms with Gasteiger partial charge in [0.1, 0.15) is 23.7 Å². The van der Waals surface area contributed by atoms with Crippen LogP contribution in [0, 0.1) is 0 Å². The zero-order valence-corrected chi connectivity index (χ0v) is 27.2. The molecule has 2 heterocycles. The van der Waals surface area contributed by atoms with Gasteiger partial charge in [-0.2, -0.15) is 0 Å². The molecule has 9 rings (SSSR count). The van der Waals surface area contributed by atoms with Crippen LogP contribution in [0.5, 0.6) is 5.75 Å². The summed E-state index contributed by atoms with van der Waals surface area (Å²) in [6, 6.07) is 43.9. The van der Waals surface area contributed by atoms with Crippen LogP contribution < -0.4 is 0 Å². The molecule has 48 heavy (non-hydrogen) atoms. The van der Waals surface area contributed by atoms with Crippen LogP contribution in [0.15, 0.2) is 132 Å². The van der Waals surface area contributed by atoms with Gasteiger partial charge in [0.25, 0.3) is 0 Å². The summed E-state index contributed by atoms with van der Waals surface area (Å²) in [5, 5.41) is 13.4. The minimum atomic E-state index is 0.0303. The predicted molar refractivity (Wildman–Crippen MR) is 194 cm³/mol. The number of phenolic OH excluding ortho intramolecular Hbond substituents is 1. The Kier molecular flexibility index (Phi) is 6.35. The average Bonchev–Trinajstić information content (AvgIpc) is 3.80. The number of ether oxygens (including phenoxy) is 1. The molecule has 1 aliphatic heterocycles. The van der Waals surface area contributed by atoms with E-state index in [0.717, 1.165) is 50.6 Å². The summed E-state index contributed by atoms with van der Waals surface area (Å²) in [6.45, 7) is 6.67. The molecule has 6 aromatic carbocycles. The molecule has 7 aromatic rings. The molecular formula is C43H35N3O2. The molecule has 0 bridgehead atoms. The third-order valence-electron chi connectivity index (χ3n) is 9.91. The lowest BCUT2D eigenvalue weighted by Gasteiger charge is -2.20. The largest absolute Gasteiger partial charge is 0.507 e. The summed E-state index contributed by atoms with van der Waals surface area (Å²) in [6.07, 6.45) is 0.924. The normalized spacial score (nSPS) is 16.9. The Morgan fingerprint density at radius 2 is 1.52 bits per heavy atom. The summed E-state index contributed by atoms with van der Waals surface area (Å²) in [7, 11) is 0. The first-order valence-corrected chi connectivity index (χ1v) is 16.6. The number of hydrogen-bond donors (Lipinski definition) is 1. The highest BCUT2D eigenvalue weighted by atomic mass is 16.5. The maximum Gasteiger partial charge on any atom is 0.217 e. The number of imidazole rings is 1. The average molecular weight is 626 g/mol. The summed E-state index contributed by atoms with van der Waals surface area (Å²) < 4.78 is 8.62. The Labute approximate surface area is 279 Å². The molecule has 0 radical (unpaired) electrons. The molecule has 234 valence electrons. The van der Waals surface area contributed by atoms with Crippen molar-refractivity contribution in [1.82, 2.24) is 9.55 Å². The summed E-state index contributed by atoms with van der Waals surface area (Å²) in [5.74, 6) is 1.61. The van der Waals surface area contributed by atoms with Crippen LogP contribution in [-0.4, -0.2) is 26.7 Å². The number of benzene rings is 6. The van der Waals surface area contributed by atoms with Gasteiger partial charge >= 0.3 is 0 Å². The van der Waals surface area contributed by atoms with Crippen molar-refractivity contribution in [3.05, 3.63) is 150 Å². The number of phenols is 1. The third-order valence-corrected chi connectivity index (χ3v) is 9.91. The van der Waals surface area contributed by atoms with Crippen molar-refractivity contribution in [3.63, 3.8) is 0 Å².